The molecule has 10 nitrogen and oxygen atoms in total. The summed E-state index contributed by atoms with van der Waals surface area (Å²) in [5.41, 5.74) is 0.269. The number of hydrogen-bond donors (Lipinski definition) is 2. The average Bonchev–Trinajstić information content (AvgIpc) is 3.32. The number of fused-ring (bicyclic) bond motifs is 2. The largest absolute Gasteiger partial charge is 0.360 e. The third-order valence-corrected chi connectivity index (χ3v) is 8.09. The Labute approximate surface area is 241 Å². The molecule has 3 aromatic rings. The fraction of sp³-hybridized carbons (Fsp3) is 0.385. The molecule has 2 aromatic heterocycles. The maximum Gasteiger partial charge on any atom is 0.280 e. The first-order chi connectivity index (χ1) is 18.2. The maximum absolute atomic E-state index is 13.2. The van der Waals surface area contributed by atoms with Crippen molar-refractivity contribution in [2.24, 2.45) is 10.9 Å². The second-order valence-electron chi connectivity index (χ2n) is 9.89. The molecule has 0 radical (unpaired) electrons. The first kappa shape index (κ1) is 28.7. The molecule has 0 saturated heterocycles. The number of carbonyl (C=O) groups excluding carboxylic acids is 3. The van der Waals surface area contributed by atoms with Gasteiger partial charge in [-0.15, -0.1) is 23.7 Å². The standard InChI is InChI=1S/C26H28ClN7O3S.ClH/c1-33(2)26(37)15-5-7-18(30-23(35)20-9-14-4-6-17(27)8-16(14)11-28-20)19(10-15)31-24(36)25-32-22-21(38-25)12-34(3)13-29-22;/h4,6,8-9,11,13,15,18-19H,5,7,10,12H2,1-3H3,(H,30,35)(H,31,36);1H/t15-,18-,19+;/m0./s1. The van der Waals surface area contributed by atoms with Crippen LogP contribution in [0.4, 0.5) is 5.82 Å². The molecule has 1 aromatic carbocycles. The van der Waals surface area contributed by atoms with Crippen LogP contribution in [0.1, 0.15) is 44.4 Å². The molecule has 0 bridgehead atoms. The molecule has 1 fully saturated rings. The summed E-state index contributed by atoms with van der Waals surface area (Å²) >= 11 is 7.36. The molecule has 1 saturated carbocycles. The van der Waals surface area contributed by atoms with Gasteiger partial charge in [-0.3, -0.25) is 19.4 Å². The number of thiazole rings is 1. The summed E-state index contributed by atoms with van der Waals surface area (Å²) in [4.78, 5) is 56.6. The fourth-order valence-electron chi connectivity index (χ4n) is 4.87. The van der Waals surface area contributed by atoms with E-state index in [4.69, 9.17) is 11.6 Å². The van der Waals surface area contributed by atoms with E-state index in [9.17, 15) is 14.4 Å². The minimum absolute atomic E-state index is 0. The normalized spacial score (nSPS) is 20.1. The highest BCUT2D eigenvalue weighted by atomic mass is 35.5. The van der Waals surface area contributed by atoms with Gasteiger partial charge in [-0.2, -0.15) is 0 Å². The smallest absolute Gasteiger partial charge is 0.280 e. The molecule has 5 rings (SSSR count). The van der Waals surface area contributed by atoms with Crippen LogP contribution in [0.15, 0.2) is 35.5 Å². The van der Waals surface area contributed by atoms with Crippen LogP contribution in [0.3, 0.4) is 0 Å². The van der Waals surface area contributed by atoms with E-state index < -0.39 is 6.04 Å². The lowest BCUT2D eigenvalue weighted by Gasteiger charge is -2.37. The van der Waals surface area contributed by atoms with Gasteiger partial charge in [-0.05, 0) is 42.8 Å². The molecule has 1 aliphatic heterocycles. The lowest BCUT2D eigenvalue weighted by atomic mass is 9.81. The van der Waals surface area contributed by atoms with Crippen LogP contribution in [-0.2, 0) is 11.3 Å². The summed E-state index contributed by atoms with van der Waals surface area (Å²) in [7, 11) is 5.35. The molecule has 0 unspecified atom stereocenters. The van der Waals surface area contributed by atoms with Crippen molar-refractivity contribution >= 4 is 76.0 Å². The first-order valence-electron chi connectivity index (χ1n) is 12.3. The Morgan fingerprint density at radius 2 is 1.85 bits per heavy atom. The summed E-state index contributed by atoms with van der Waals surface area (Å²) < 4.78 is 0. The van der Waals surface area contributed by atoms with Crippen LogP contribution in [0.2, 0.25) is 5.02 Å². The molecule has 3 amide bonds. The Morgan fingerprint density at radius 3 is 2.62 bits per heavy atom. The van der Waals surface area contributed by atoms with Gasteiger partial charge in [0.2, 0.25) is 5.91 Å². The first-order valence-corrected chi connectivity index (χ1v) is 13.5. The number of pyridine rings is 1. The number of aromatic nitrogens is 2. The van der Waals surface area contributed by atoms with Gasteiger partial charge in [0.1, 0.15) is 5.69 Å². The van der Waals surface area contributed by atoms with E-state index >= 15 is 0 Å². The summed E-state index contributed by atoms with van der Waals surface area (Å²) in [6.45, 7) is 0.635. The zero-order chi connectivity index (χ0) is 27.0. The molecule has 3 atom stereocenters. The lowest BCUT2D eigenvalue weighted by molar-refractivity contribution is -0.134. The number of amides is 3. The van der Waals surface area contributed by atoms with Crippen LogP contribution in [0, 0.1) is 5.92 Å². The third kappa shape index (κ3) is 6.32. The molecule has 2 N–H and O–H groups in total. The van der Waals surface area contributed by atoms with E-state index in [2.05, 4.69) is 25.6 Å². The van der Waals surface area contributed by atoms with E-state index in [-0.39, 0.29) is 47.8 Å². The highest BCUT2D eigenvalue weighted by molar-refractivity contribution is 7.14. The molecule has 2 aliphatic rings. The third-order valence-electron chi connectivity index (χ3n) is 6.83. The quantitative estimate of drug-likeness (QED) is 0.468. The van der Waals surface area contributed by atoms with E-state index in [0.29, 0.717) is 41.7 Å². The number of carbonyl (C=O) groups is 3. The van der Waals surface area contributed by atoms with Crippen LogP contribution in [0.25, 0.3) is 10.8 Å². The molecular weight excluding hydrogens is 561 g/mol. The van der Waals surface area contributed by atoms with Crippen molar-refractivity contribution in [3.05, 3.63) is 51.1 Å². The van der Waals surface area contributed by atoms with Crippen LogP contribution in [-0.4, -0.2) is 77.1 Å². The SMILES string of the molecule is CN1C=Nc2nc(C(=O)N[C@@H]3C[C@@H](C(=O)N(C)C)CC[C@@H]3NC(=O)c3cc4ccc(Cl)cc4cn3)sc2C1.Cl. The Balaban J connectivity index is 0.00000353. The van der Waals surface area contributed by atoms with E-state index in [1.807, 2.05) is 18.0 Å². The molecule has 206 valence electrons. The summed E-state index contributed by atoms with van der Waals surface area (Å²) in [5.74, 6) is -0.382. The van der Waals surface area contributed by atoms with Crippen molar-refractivity contribution in [2.75, 3.05) is 21.1 Å². The molecule has 1 aliphatic carbocycles. The monoisotopic (exact) mass is 589 g/mol. The second-order valence-corrected chi connectivity index (χ2v) is 11.4. The highest BCUT2D eigenvalue weighted by Crippen LogP contribution is 2.31. The minimum Gasteiger partial charge on any atom is -0.360 e. The highest BCUT2D eigenvalue weighted by Gasteiger charge is 2.37. The molecule has 0 spiro atoms. The van der Waals surface area contributed by atoms with Crippen molar-refractivity contribution in [2.45, 2.75) is 37.9 Å². The Kier molecular flexibility index (Phi) is 8.73. The molecular formula is C26H29Cl2N7O3S. The zero-order valence-corrected chi connectivity index (χ0v) is 24.1. The van der Waals surface area contributed by atoms with Gasteiger partial charge in [0, 0.05) is 49.7 Å². The predicted molar refractivity (Wildman–Crippen MR) is 154 cm³/mol. The molecule has 3 heterocycles. The number of nitrogens with one attached hydrogen (secondary N) is 2. The van der Waals surface area contributed by atoms with E-state index in [1.165, 1.54) is 11.3 Å². The topological polar surface area (TPSA) is 120 Å². The second kappa shape index (κ2) is 11.8. The number of rotatable bonds is 5. The number of aliphatic imine (C=N–C) groups is 1. The van der Waals surface area contributed by atoms with Crippen molar-refractivity contribution < 1.29 is 14.4 Å². The maximum atomic E-state index is 13.2. The number of nitrogens with zero attached hydrogens (tertiary/aromatic N) is 5. The minimum atomic E-state index is -0.458. The predicted octanol–water partition coefficient (Wildman–Crippen LogP) is 3.66. The number of benzene rings is 1. The van der Waals surface area contributed by atoms with Gasteiger partial charge >= 0.3 is 0 Å². The number of halogens is 2. The van der Waals surface area contributed by atoms with Crippen molar-refractivity contribution in [1.82, 2.24) is 30.4 Å². The van der Waals surface area contributed by atoms with E-state index in [1.54, 1.807) is 49.7 Å². The van der Waals surface area contributed by atoms with Gasteiger partial charge in [0.05, 0.1) is 23.8 Å². The van der Waals surface area contributed by atoms with Crippen LogP contribution >= 0.6 is 35.3 Å². The summed E-state index contributed by atoms with van der Waals surface area (Å²) in [6, 6.07) is 6.28. The summed E-state index contributed by atoms with van der Waals surface area (Å²) in [5, 5.41) is 8.68. The average molecular weight is 591 g/mol. The Morgan fingerprint density at radius 1 is 1.08 bits per heavy atom. The molecule has 13 heteroatoms. The Bertz CT molecular complexity index is 1440. The number of hydrogen-bond acceptors (Lipinski definition) is 8. The van der Waals surface area contributed by atoms with Gasteiger partial charge in [-0.1, -0.05) is 17.7 Å². The van der Waals surface area contributed by atoms with Gasteiger partial charge in [0.25, 0.3) is 11.8 Å². The van der Waals surface area contributed by atoms with Gasteiger partial charge < -0.3 is 20.4 Å². The fourth-order valence-corrected chi connectivity index (χ4v) is 6.02. The molecule has 39 heavy (non-hydrogen) atoms. The van der Waals surface area contributed by atoms with Crippen molar-refractivity contribution in [3.8, 4) is 0 Å². The van der Waals surface area contributed by atoms with E-state index in [0.717, 1.165) is 15.6 Å². The van der Waals surface area contributed by atoms with Gasteiger partial charge in [0.15, 0.2) is 10.8 Å². The summed E-state index contributed by atoms with van der Waals surface area (Å²) in [6.07, 6.45) is 4.84. The zero-order valence-electron chi connectivity index (χ0n) is 21.7. The van der Waals surface area contributed by atoms with Crippen molar-refractivity contribution in [1.29, 1.82) is 0 Å². The van der Waals surface area contributed by atoms with Crippen LogP contribution in [0.5, 0.6) is 0 Å². The van der Waals surface area contributed by atoms with Crippen LogP contribution < -0.4 is 10.6 Å². The van der Waals surface area contributed by atoms with Crippen molar-refractivity contribution in [3.63, 3.8) is 0 Å². The Hall–Kier alpha value is -3.28. The lowest BCUT2D eigenvalue weighted by Crippen LogP contribution is -2.56. The van der Waals surface area contributed by atoms with Gasteiger partial charge in [-0.25, -0.2) is 9.98 Å².